The molecule has 9 aromatic carbocycles. The molecule has 0 N–H and O–H groups in total. The van der Waals surface area contributed by atoms with E-state index in [-0.39, 0.29) is 0 Å². The molecule has 0 saturated carbocycles. The quantitative estimate of drug-likeness (QED) is 0.182. The van der Waals surface area contributed by atoms with Gasteiger partial charge in [0.25, 0.3) is 0 Å². The predicted octanol–water partition coefficient (Wildman–Crippen LogP) is 14.6. The van der Waals surface area contributed by atoms with Crippen LogP contribution in [-0.4, -0.2) is 0 Å². The van der Waals surface area contributed by atoms with Crippen molar-refractivity contribution < 1.29 is 8.83 Å². The zero-order valence-corrected chi connectivity index (χ0v) is 28.7. The van der Waals surface area contributed by atoms with Crippen LogP contribution in [0.25, 0.3) is 87.7 Å². The molecule has 0 fully saturated rings. The number of anilines is 3. The van der Waals surface area contributed by atoms with Crippen molar-refractivity contribution in [3.8, 4) is 22.3 Å². The topological polar surface area (TPSA) is 29.5 Å². The summed E-state index contributed by atoms with van der Waals surface area (Å²) >= 11 is 0. The van der Waals surface area contributed by atoms with Gasteiger partial charge in [-0.3, -0.25) is 0 Å². The van der Waals surface area contributed by atoms with E-state index >= 15 is 0 Å². The van der Waals surface area contributed by atoms with Crippen molar-refractivity contribution >= 4 is 82.5 Å². The lowest BCUT2D eigenvalue weighted by molar-refractivity contribution is 0.669. The third-order valence-corrected chi connectivity index (χ3v) is 10.6. The minimum absolute atomic E-state index is 0.858. The highest BCUT2D eigenvalue weighted by Gasteiger charge is 2.19. The van der Waals surface area contributed by atoms with E-state index < -0.39 is 0 Å². The number of furan rings is 2. The van der Waals surface area contributed by atoms with Crippen molar-refractivity contribution in [2.45, 2.75) is 0 Å². The normalized spacial score (nSPS) is 11.8. The molecule has 248 valence electrons. The smallest absolute Gasteiger partial charge is 0.143 e. The minimum Gasteiger partial charge on any atom is -0.456 e. The molecule has 11 rings (SSSR count). The standard InChI is InChI=1S/C50H31NO2/c1-3-18-39-32(11-1)13-9-21-40(39)34-14-7-16-36(29-34)51(38-26-28-44-43-20-5-6-23-46(43)52-48(44)31-38)37-17-8-15-35(30-37)41-22-10-24-47-49(41)45-27-25-33-12-2-4-19-42(33)50(45)53-47/h1-31H. The van der Waals surface area contributed by atoms with E-state index in [0.717, 1.165) is 83.0 Å². The second-order valence-electron chi connectivity index (χ2n) is 13.7. The van der Waals surface area contributed by atoms with Gasteiger partial charge in [0.1, 0.15) is 22.3 Å². The summed E-state index contributed by atoms with van der Waals surface area (Å²) in [6.07, 6.45) is 0. The fraction of sp³-hybridized carbons (Fsp3) is 0. The molecule has 3 heteroatoms. The molecule has 53 heavy (non-hydrogen) atoms. The van der Waals surface area contributed by atoms with E-state index in [4.69, 9.17) is 8.83 Å². The summed E-state index contributed by atoms with van der Waals surface area (Å²) in [7, 11) is 0. The Morgan fingerprint density at radius 1 is 0.321 bits per heavy atom. The SMILES string of the molecule is c1cc(-c2cccc3ccccc23)cc(N(c2cccc(-c3cccc4oc5c6ccccc6ccc5c34)c2)c2ccc3c(c2)oc2ccccc23)c1. The largest absolute Gasteiger partial charge is 0.456 e. The third kappa shape index (κ3) is 4.75. The van der Waals surface area contributed by atoms with Crippen LogP contribution in [0.3, 0.4) is 0 Å². The number of fused-ring (bicyclic) bond motifs is 9. The van der Waals surface area contributed by atoms with Gasteiger partial charge in [-0.15, -0.1) is 0 Å². The molecule has 0 atom stereocenters. The first-order valence-electron chi connectivity index (χ1n) is 18.0. The van der Waals surface area contributed by atoms with Gasteiger partial charge in [0.15, 0.2) is 0 Å². The number of hydrogen-bond acceptors (Lipinski definition) is 3. The van der Waals surface area contributed by atoms with Gasteiger partial charge in [0, 0.05) is 50.1 Å². The number of hydrogen-bond donors (Lipinski definition) is 0. The van der Waals surface area contributed by atoms with Crippen molar-refractivity contribution in [2.24, 2.45) is 0 Å². The van der Waals surface area contributed by atoms with Crippen LogP contribution in [0.2, 0.25) is 0 Å². The molecule has 3 nitrogen and oxygen atoms in total. The molecule has 0 bridgehead atoms. The third-order valence-electron chi connectivity index (χ3n) is 10.6. The fourth-order valence-corrected chi connectivity index (χ4v) is 8.20. The highest BCUT2D eigenvalue weighted by molar-refractivity contribution is 6.19. The van der Waals surface area contributed by atoms with Crippen molar-refractivity contribution in [2.75, 3.05) is 4.90 Å². The van der Waals surface area contributed by atoms with E-state index in [2.05, 4.69) is 181 Å². The van der Waals surface area contributed by atoms with Gasteiger partial charge in [-0.05, 0) is 93.0 Å². The number of nitrogens with zero attached hydrogens (tertiary/aromatic N) is 1. The van der Waals surface area contributed by atoms with Gasteiger partial charge in [-0.2, -0.15) is 0 Å². The van der Waals surface area contributed by atoms with Gasteiger partial charge in [-0.1, -0.05) is 127 Å². The molecule has 0 spiro atoms. The van der Waals surface area contributed by atoms with Crippen LogP contribution in [0.4, 0.5) is 17.1 Å². The van der Waals surface area contributed by atoms with Gasteiger partial charge in [0.05, 0.1) is 0 Å². The summed E-state index contributed by atoms with van der Waals surface area (Å²) < 4.78 is 13.0. The Labute approximate surface area is 305 Å². The summed E-state index contributed by atoms with van der Waals surface area (Å²) in [6, 6.07) is 66.8. The Kier molecular flexibility index (Phi) is 6.55. The van der Waals surface area contributed by atoms with Crippen LogP contribution in [0.15, 0.2) is 197 Å². The number of benzene rings is 9. The van der Waals surface area contributed by atoms with Crippen molar-refractivity contribution in [1.82, 2.24) is 0 Å². The summed E-state index contributed by atoms with van der Waals surface area (Å²) in [6.45, 7) is 0. The van der Waals surface area contributed by atoms with Gasteiger partial charge < -0.3 is 13.7 Å². The Bertz CT molecular complexity index is 3200. The van der Waals surface area contributed by atoms with Crippen LogP contribution < -0.4 is 4.90 Å². The second-order valence-corrected chi connectivity index (χ2v) is 13.7. The van der Waals surface area contributed by atoms with E-state index in [9.17, 15) is 0 Å². The molecule has 0 amide bonds. The number of para-hydroxylation sites is 1. The Morgan fingerprint density at radius 3 is 1.72 bits per heavy atom. The molecule has 11 aromatic rings. The van der Waals surface area contributed by atoms with Crippen molar-refractivity contribution in [1.29, 1.82) is 0 Å². The van der Waals surface area contributed by atoms with Crippen molar-refractivity contribution in [3.05, 3.63) is 188 Å². The van der Waals surface area contributed by atoms with Crippen LogP contribution in [-0.2, 0) is 0 Å². The predicted molar refractivity (Wildman–Crippen MR) is 222 cm³/mol. The molecule has 0 unspecified atom stereocenters. The van der Waals surface area contributed by atoms with Crippen LogP contribution >= 0.6 is 0 Å². The maximum Gasteiger partial charge on any atom is 0.143 e. The maximum atomic E-state index is 6.57. The average molecular weight is 678 g/mol. The second kappa shape index (κ2) is 11.7. The summed E-state index contributed by atoms with van der Waals surface area (Å²) in [5.41, 5.74) is 11.3. The lowest BCUT2D eigenvalue weighted by atomic mass is 9.97. The molecule has 0 radical (unpaired) electrons. The molecular formula is C50H31NO2. The molecule has 0 aliphatic heterocycles. The summed E-state index contributed by atoms with van der Waals surface area (Å²) in [5, 5.41) is 9.22. The van der Waals surface area contributed by atoms with Crippen LogP contribution in [0, 0.1) is 0 Å². The van der Waals surface area contributed by atoms with Crippen LogP contribution in [0.1, 0.15) is 0 Å². The lowest BCUT2D eigenvalue weighted by Crippen LogP contribution is -2.10. The summed E-state index contributed by atoms with van der Waals surface area (Å²) in [4.78, 5) is 2.34. The molecular weight excluding hydrogens is 647 g/mol. The minimum atomic E-state index is 0.858. The average Bonchev–Trinajstić information content (AvgIpc) is 3.80. The number of rotatable bonds is 5. The van der Waals surface area contributed by atoms with Gasteiger partial charge in [-0.25, -0.2) is 0 Å². The van der Waals surface area contributed by atoms with E-state index in [0.29, 0.717) is 0 Å². The highest BCUT2D eigenvalue weighted by atomic mass is 16.3. The maximum absolute atomic E-state index is 6.57. The Balaban J connectivity index is 1.12. The first-order chi connectivity index (χ1) is 26.3. The summed E-state index contributed by atoms with van der Waals surface area (Å²) in [5.74, 6) is 0. The molecule has 0 saturated heterocycles. The molecule has 2 heterocycles. The molecule has 0 aliphatic carbocycles. The van der Waals surface area contributed by atoms with Crippen molar-refractivity contribution in [3.63, 3.8) is 0 Å². The van der Waals surface area contributed by atoms with E-state index in [1.807, 2.05) is 12.1 Å². The molecule has 2 aromatic heterocycles. The first kappa shape index (κ1) is 29.6. The van der Waals surface area contributed by atoms with E-state index in [1.165, 1.54) is 21.7 Å². The fourth-order valence-electron chi connectivity index (χ4n) is 8.20. The van der Waals surface area contributed by atoms with Crippen LogP contribution in [0.5, 0.6) is 0 Å². The molecule has 0 aliphatic rings. The first-order valence-corrected chi connectivity index (χ1v) is 18.0. The Morgan fingerprint density at radius 2 is 0.887 bits per heavy atom. The van der Waals surface area contributed by atoms with Gasteiger partial charge >= 0.3 is 0 Å². The zero-order valence-electron chi connectivity index (χ0n) is 28.7. The highest BCUT2D eigenvalue weighted by Crippen LogP contribution is 2.44. The lowest BCUT2D eigenvalue weighted by Gasteiger charge is -2.26. The Hall–Kier alpha value is -7.10. The zero-order chi connectivity index (χ0) is 34.9. The van der Waals surface area contributed by atoms with E-state index in [1.54, 1.807) is 0 Å². The monoisotopic (exact) mass is 677 g/mol. The van der Waals surface area contributed by atoms with Gasteiger partial charge in [0.2, 0.25) is 0 Å².